The van der Waals surface area contributed by atoms with Gasteiger partial charge in [0.1, 0.15) is 18.5 Å². The molecule has 1 atom stereocenters. The standard InChI is InChI=1S/C14H23NO2/c1-5-16-13(8-15)9-17-14-7-10(2)6-11(3)12(14)4/h6-7,13H,5,8-9,15H2,1-4H3. The van der Waals surface area contributed by atoms with Gasteiger partial charge in [-0.3, -0.25) is 0 Å². The SMILES string of the molecule is CCOC(CN)COc1cc(C)cc(C)c1C. The Morgan fingerprint density at radius 1 is 1.24 bits per heavy atom. The topological polar surface area (TPSA) is 44.5 Å². The van der Waals surface area contributed by atoms with E-state index in [4.69, 9.17) is 15.2 Å². The molecule has 3 nitrogen and oxygen atoms in total. The highest BCUT2D eigenvalue weighted by Crippen LogP contribution is 2.23. The van der Waals surface area contributed by atoms with Crippen LogP contribution in [-0.4, -0.2) is 25.9 Å². The van der Waals surface area contributed by atoms with Gasteiger partial charge >= 0.3 is 0 Å². The lowest BCUT2D eigenvalue weighted by atomic mass is 10.1. The van der Waals surface area contributed by atoms with Crippen LogP contribution in [0.4, 0.5) is 0 Å². The maximum absolute atomic E-state index is 5.80. The Kier molecular flexibility index (Phi) is 5.45. The van der Waals surface area contributed by atoms with E-state index in [0.29, 0.717) is 19.8 Å². The summed E-state index contributed by atoms with van der Waals surface area (Å²) in [6, 6.07) is 4.22. The van der Waals surface area contributed by atoms with E-state index in [1.54, 1.807) is 0 Å². The lowest BCUT2D eigenvalue weighted by molar-refractivity contribution is 0.0335. The summed E-state index contributed by atoms with van der Waals surface area (Å²) in [6.45, 7) is 9.86. The Labute approximate surface area is 104 Å². The summed E-state index contributed by atoms with van der Waals surface area (Å²) in [7, 11) is 0. The largest absolute Gasteiger partial charge is 0.491 e. The number of aryl methyl sites for hydroxylation is 2. The molecule has 0 saturated carbocycles. The molecule has 0 spiro atoms. The van der Waals surface area contributed by atoms with Gasteiger partial charge in [0.05, 0.1) is 0 Å². The van der Waals surface area contributed by atoms with Crippen molar-refractivity contribution in [1.82, 2.24) is 0 Å². The van der Waals surface area contributed by atoms with Crippen LogP contribution in [-0.2, 0) is 4.74 Å². The Morgan fingerprint density at radius 2 is 1.94 bits per heavy atom. The predicted octanol–water partition coefficient (Wildman–Crippen LogP) is 2.35. The first-order valence-corrected chi connectivity index (χ1v) is 6.10. The van der Waals surface area contributed by atoms with E-state index in [0.717, 1.165) is 5.75 Å². The Hall–Kier alpha value is -1.06. The van der Waals surface area contributed by atoms with Gasteiger partial charge in [-0.15, -0.1) is 0 Å². The molecule has 0 aliphatic carbocycles. The maximum atomic E-state index is 5.80. The fraction of sp³-hybridized carbons (Fsp3) is 0.571. The first-order valence-electron chi connectivity index (χ1n) is 6.10. The molecule has 0 amide bonds. The molecule has 1 aromatic carbocycles. The second-order valence-corrected chi connectivity index (χ2v) is 4.33. The summed E-state index contributed by atoms with van der Waals surface area (Å²) in [5.74, 6) is 0.931. The highest BCUT2D eigenvalue weighted by Gasteiger charge is 2.09. The second-order valence-electron chi connectivity index (χ2n) is 4.33. The van der Waals surface area contributed by atoms with E-state index in [2.05, 4.69) is 32.9 Å². The van der Waals surface area contributed by atoms with Crippen LogP contribution in [0.1, 0.15) is 23.6 Å². The summed E-state index contributed by atoms with van der Waals surface area (Å²) in [6.07, 6.45) is -0.0276. The van der Waals surface area contributed by atoms with Crippen LogP contribution in [0.25, 0.3) is 0 Å². The molecule has 0 aliphatic heterocycles. The van der Waals surface area contributed by atoms with Gasteiger partial charge in [-0.2, -0.15) is 0 Å². The molecule has 1 rings (SSSR count). The molecule has 0 heterocycles. The van der Waals surface area contributed by atoms with Crippen molar-refractivity contribution in [3.05, 3.63) is 28.8 Å². The van der Waals surface area contributed by atoms with Crippen LogP contribution in [0.5, 0.6) is 5.75 Å². The fourth-order valence-electron chi connectivity index (χ4n) is 1.75. The van der Waals surface area contributed by atoms with E-state index < -0.39 is 0 Å². The van der Waals surface area contributed by atoms with Crippen molar-refractivity contribution in [3.63, 3.8) is 0 Å². The number of hydrogen-bond acceptors (Lipinski definition) is 3. The van der Waals surface area contributed by atoms with Crippen molar-refractivity contribution in [3.8, 4) is 5.75 Å². The van der Waals surface area contributed by atoms with E-state index in [-0.39, 0.29) is 6.10 Å². The monoisotopic (exact) mass is 237 g/mol. The van der Waals surface area contributed by atoms with Gasteiger partial charge in [-0.05, 0) is 50.5 Å². The quantitative estimate of drug-likeness (QED) is 0.826. The van der Waals surface area contributed by atoms with Crippen LogP contribution < -0.4 is 10.5 Å². The zero-order valence-electron chi connectivity index (χ0n) is 11.2. The third-order valence-corrected chi connectivity index (χ3v) is 2.85. The van der Waals surface area contributed by atoms with E-state index in [9.17, 15) is 0 Å². The van der Waals surface area contributed by atoms with Gasteiger partial charge in [0, 0.05) is 13.2 Å². The Balaban J connectivity index is 2.68. The molecular formula is C14H23NO2. The van der Waals surface area contributed by atoms with Crippen molar-refractivity contribution in [1.29, 1.82) is 0 Å². The number of rotatable bonds is 6. The fourth-order valence-corrected chi connectivity index (χ4v) is 1.75. The van der Waals surface area contributed by atoms with Gasteiger partial charge in [0.25, 0.3) is 0 Å². The Morgan fingerprint density at radius 3 is 2.53 bits per heavy atom. The van der Waals surface area contributed by atoms with Crippen molar-refractivity contribution in [2.24, 2.45) is 5.73 Å². The summed E-state index contributed by atoms with van der Waals surface area (Å²) < 4.78 is 11.3. The average molecular weight is 237 g/mol. The molecular weight excluding hydrogens is 214 g/mol. The normalized spacial score (nSPS) is 12.5. The van der Waals surface area contributed by atoms with Gasteiger partial charge in [0.15, 0.2) is 0 Å². The molecule has 0 bridgehead atoms. The van der Waals surface area contributed by atoms with Gasteiger partial charge in [0.2, 0.25) is 0 Å². The van der Waals surface area contributed by atoms with Crippen LogP contribution in [0.15, 0.2) is 12.1 Å². The van der Waals surface area contributed by atoms with Gasteiger partial charge in [-0.25, -0.2) is 0 Å². The zero-order valence-corrected chi connectivity index (χ0v) is 11.2. The van der Waals surface area contributed by atoms with E-state index in [1.807, 2.05) is 6.92 Å². The summed E-state index contributed by atoms with van der Waals surface area (Å²) >= 11 is 0. The first kappa shape index (κ1) is 14.0. The summed E-state index contributed by atoms with van der Waals surface area (Å²) in [4.78, 5) is 0. The number of nitrogens with two attached hydrogens (primary N) is 1. The van der Waals surface area contributed by atoms with Crippen LogP contribution in [0.3, 0.4) is 0 Å². The molecule has 0 fully saturated rings. The molecule has 3 heteroatoms. The second kappa shape index (κ2) is 6.62. The van der Waals surface area contributed by atoms with Crippen molar-refractivity contribution in [2.75, 3.05) is 19.8 Å². The summed E-state index contributed by atoms with van der Waals surface area (Å²) in [5.41, 5.74) is 9.26. The lowest BCUT2D eigenvalue weighted by Crippen LogP contribution is -2.30. The van der Waals surface area contributed by atoms with Crippen LogP contribution in [0, 0.1) is 20.8 Å². The van der Waals surface area contributed by atoms with Crippen LogP contribution in [0.2, 0.25) is 0 Å². The van der Waals surface area contributed by atoms with E-state index in [1.165, 1.54) is 16.7 Å². The molecule has 2 N–H and O–H groups in total. The summed E-state index contributed by atoms with van der Waals surface area (Å²) in [5, 5.41) is 0. The number of hydrogen-bond donors (Lipinski definition) is 1. The van der Waals surface area contributed by atoms with Crippen LogP contribution >= 0.6 is 0 Å². The van der Waals surface area contributed by atoms with Gasteiger partial charge < -0.3 is 15.2 Å². The molecule has 0 radical (unpaired) electrons. The van der Waals surface area contributed by atoms with Crippen molar-refractivity contribution >= 4 is 0 Å². The minimum atomic E-state index is -0.0276. The minimum Gasteiger partial charge on any atom is -0.491 e. The smallest absolute Gasteiger partial charge is 0.122 e. The predicted molar refractivity (Wildman–Crippen MR) is 70.6 cm³/mol. The molecule has 0 aliphatic rings. The van der Waals surface area contributed by atoms with E-state index >= 15 is 0 Å². The Bertz CT molecular complexity index is 363. The minimum absolute atomic E-state index is 0.0276. The average Bonchev–Trinajstić information content (AvgIpc) is 2.30. The number of ether oxygens (including phenoxy) is 2. The molecule has 17 heavy (non-hydrogen) atoms. The maximum Gasteiger partial charge on any atom is 0.122 e. The molecule has 0 saturated heterocycles. The third-order valence-electron chi connectivity index (χ3n) is 2.85. The molecule has 1 unspecified atom stereocenters. The zero-order chi connectivity index (χ0) is 12.8. The highest BCUT2D eigenvalue weighted by atomic mass is 16.5. The molecule has 0 aromatic heterocycles. The lowest BCUT2D eigenvalue weighted by Gasteiger charge is -2.18. The first-order chi connectivity index (χ1) is 8.08. The van der Waals surface area contributed by atoms with Crippen molar-refractivity contribution in [2.45, 2.75) is 33.8 Å². The van der Waals surface area contributed by atoms with Crippen molar-refractivity contribution < 1.29 is 9.47 Å². The molecule has 96 valence electrons. The highest BCUT2D eigenvalue weighted by molar-refractivity contribution is 5.41. The van der Waals surface area contributed by atoms with Gasteiger partial charge in [-0.1, -0.05) is 6.07 Å². The number of benzene rings is 1. The third kappa shape index (κ3) is 4.02. The molecule has 1 aromatic rings.